The van der Waals surface area contributed by atoms with E-state index in [-0.39, 0.29) is 5.92 Å². The quantitative estimate of drug-likeness (QED) is 0.564. The summed E-state index contributed by atoms with van der Waals surface area (Å²) >= 11 is 2.33. The van der Waals surface area contributed by atoms with Gasteiger partial charge in [-0.1, -0.05) is 30.3 Å². The van der Waals surface area contributed by atoms with E-state index in [1.165, 1.54) is 20.4 Å². The molecule has 2 heteroatoms. The first-order valence-electron chi connectivity index (χ1n) is 6.27. The first-order valence-corrected chi connectivity index (χ1v) is 7.35. The van der Waals surface area contributed by atoms with E-state index in [1.807, 2.05) is 6.08 Å². The summed E-state index contributed by atoms with van der Waals surface area (Å²) in [6.45, 7) is 3.98. The summed E-state index contributed by atoms with van der Waals surface area (Å²) in [6.07, 6.45) is 2.01. The number of halogens is 1. The molecule has 0 bridgehead atoms. The normalized spacial score (nSPS) is 11.9. The molecule has 1 nitrogen and oxygen atoms in total. The molecule has 0 heterocycles. The van der Waals surface area contributed by atoms with Crippen LogP contribution in [0.1, 0.15) is 17.0 Å². The molecule has 0 aliphatic rings. The average Bonchev–Trinajstić information content (AvgIpc) is 2.42. The molecule has 19 heavy (non-hydrogen) atoms. The van der Waals surface area contributed by atoms with Crippen molar-refractivity contribution in [3.8, 4) is 0 Å². The topological polar surface area (TPSA) is 3.24 Å². The van der Waals surface area contributed by atoms with Gasteiger partial charge in [0.15, 0.2) is 0 Å². The lowest BCUT2D eigenvalue weighted by atomic mass is 9.91. The van der Waals surface area contributed by atoms with Crippen LogP contribution >= 0.6 is 22.6 Å². The van der Waals surface area contributed by atoms with E-state index >= 15 is 0 Å². The second-order valence-electron chi connectivity index (χ2n) is 4.75. The van der Waals surface area contributed by atoms with Gasteiger partial charge in [0, 0.05) is 29.3 Å². The molecular formula is C17H18IN. The van der Waals surface area contributed by atoms with Crippen LogP contribution < -0.4 is 4.90 Å². The standard InChI is InChI=1S/C17H18IN/c1-4-17(13-5-9-15(18)10-6-13)14-7-11-16(12-8-14)19(2)3/h4-12,17H,1H2,2-3H3/t17-/m0/s1. The van der Waals surface area contributed by atoms with Gasteiger partial charge < -0.3 is 4.90 Å². The van der Waals surface area contributed by atoms with Gasteiger partial charge in [-0.15, -0.1) is 6.58 Å². The van der Waals surface area contributed by atoms with Crippen molar-refractivity contribution in [3.63, 3.8) is 0 Å². The second-order valence-corrected chi connectivity index (χ2v) is 6.00. The number of hydrogen-bond donors (Lipinski definition) is 0. The number of allylic oxidation sites excluding steroid dienone is 1. The van der Waals surface area contributed by atoms with E-state index in [4.69, 9.17) is 0 Å². The Balaban J connectivity index is 2.31. The maximum absolute atomic E-state index is 3.98. The van der Waals surface area contributed by atoms with E-state index in [2.05, 4.69) is 96.7 Å². The summed E-state index contributed by atoms with van der Waals surface area (Å²) in [7, 11) is 4.11. The van der Waals surface area contributed by atoms with Gasteiger partial charge in [0.1, 0.15) is 0 Å². The molecule has 1 atom stereocenters. The van der Waals surface area contributed by atoms with Crippen LogP contribution in [-0.4, -0.2) is 14.1 Å². The van der Waals surface area contributed by atoms with Gasteiger partial charge in [-0.2, -0.15) is 0 Å². The van der Waals surface area contributed by atoms with E-state index in [0.717, 1.165) is 0 Å². The zero-order valence-corrected chi connectivity index (χ0v) is 13.5. The van der Waals surface area contributed by atoms with E-state index in [0.29, 0.717) is 0 Å². The highest BCUT2D eigenvalue weighted by atomic mass is 127. The molecule has 98 valence electrons. The van der Waals surface area contributed by atoms with Crippen LogP contribution in [0.15, 0.2) is 61.2 Å². The summed E-state index contributed by atoms with van der Waals surface area (Å²) in [5.41, 5.74) is 3.78. The molecule has 0 unspecified atom stereocenters. The molecule has 2 rings (SSSR count). The summed E-state index contributed by atoms with van der Waals surface area (Å²) in [6, 6.07) is 17.3. The molecule has 2 aromatic rings. The van der Waals surface area contributed by atoms with Gasteiger partial charge in [-0.05, 0) is 58.0 Å². The molecule has 0 radical (unpaired) electrons. The van der Waals surface area contributed by atoms with Gasteiger partial charge in [0.2, 0.25) is 0 Å². The number of benzene rings is 2. The molecule has 0 saturated heterocycles. The van der Waals surface area contributed by atoms with Crippen molar-refractivity contribution < 1.29 is 0 Å². The molecule has 0 spiro atoms. The predicted molar refractivity (Wildman–Crippen MR) is 92.0 cm³/mol. The minimum atomic E-state index is 0.258. The Morgan fingerprint density at radius 1 is 0.947 bits per heavy atom. The van der Waals surface area contributed by atoms with Gasteiger partial charge in [-0.3, -0.25) is 0 Å². The van der Waals surface area contributed by atoms with Crippen LogP contribution in [0.4, 0.5) is 5.69 Å². The lowest BCUT2D eigenvalue weighted by Crippen LogP contribution is -2.08. The van der Waals surface area contributed by atoms with Gasteiger partial charge in [-0.25, -0.2) is 0 Å². The van der Waals surface area contributed by atoms with Crippen LogP contribution in [0.3, 0.4) is 0 Å². The van der Waals surface area contributed by atoms with Crippen molar-refractivity contribution in [2.24, 2.45) is 0 Å². The Bertz CT molecular complexity index is 540. The Kier molecular flexibility index (Phi) is 4.64. The lowest BCUT2D eigenvalue weighted by molar-refractivity contribution is 1.02. The first-order chi connectivity index (χ1) is 9.11. The first kappa shape index (κ1) is 14.1. The minimum Gasteiger partial charge on any atom is -0.378 e. The number of rotatable bonds is 4. The van der Waals surface area contributed by atoms with Crippen molar-refractivity contribution in [1.82, 2.24) is 0 Å². The van der Waals surface area contributed by atoms with Gasteiger partial charge >= 0.3 is 0 Å². The lowest BCUT2D eigenvalue weighted by Gasteiger charge is -2.17. The summed E-state index contributed by atoms with van der Waals surface area (Å²) in [5, 5.41) is 0. The van der Waals surface area contributed by atoms with Crippen LogP contribution in [0, 0.1) is 3.57 Å². The molecular weight excluding hydrogens is 345 g/mol. The molecule has 2 aromatic carbocycles. The summed E-state index contributed by atoms with van der Waals surface area (Å²) < 4.78 is 1.26. The van der Waals surface area contributed by atoms with Crippen LogP contribution in [0.2, 0.25) is 0 Å². The molecule has 0 N–H and O–H groups in total. The fourth-order valence-electron chi connectivity index (χ4n) is 2.11. The smallest absolute Gasteiger partial charge is 0.0361 e. The third-order valence-electron chi connectivity index (χ3n) is 3.23. The Morgan fingerprint density at radius 2 is 1.42 bits per heavy atom. The third kappa shape index (κ3) is 3.38. The second kappa shape index (κ2) is 6.24. The number of anilines is 1. The number of hydrogen-bond acceptors (Lipinski definition) is 1. The van der Waals surface area contributed by atoms with Crippen molar-refractivity contribution in [2.75, 3.05) is 19.0 Å². The van der Waals surface area contributed by atoms with Crippen molar-refractivity contribution in [1.29, 1.82) is 0 Å². The van der Waals surface area contributed by atoms with Gasteiger partial charge in [0.05, 0.1) is 0 Å². The molecule has 0 aliphatic heterocycles. The third-order valence-corrected chi connectivity index (χ3v) is 3.95. The molecule has 0 amide bonds. The average molecular weight is 363 g/mol. The SMILES string of the molecule is C=C[C@@H](c1ccc(I)cc1)c1ccc(N(C)C)cc1. The fourth-order valence-corrected chi connectivity index (χ4v) is 2.47. The number of nitrogens with zero attached hydrogens (tertiary/aromatic N) is 1. The zero-order valence-electron chi connectivity index (χ0n) is 11.3. The highest BCUT2D eigenvalue weighted by molar-refractivity contribution is 14.1. The predicted octanol–water partition coefficient (Wildman–Crippen LogP) is 4.68. The zero-order chi connectivity index (χ0) is 13.8. The van der Waals surface area contributed by atoms with Crippen LogP contribution in [0.25, 0.3) is 0 Å². The van der Waals surface area contributed by atoms with E-state index in [9.17, 15) is 0 Å². The summed E-state index contributed by atoms with van der Waals surface area (Å²) in [4.78, 5) is 2.11. The monoisotopic (exact) mass is 363 g/mol. The minimum absolute atomic E-state index is 0.258. The Morgan fingerprint density at radius 3 is 1.84 bits per heavy atom. The highest BCUT2D eigenvalue weighted by Crippen LogP contribution is 2.27. The van der Waals surface area contributed by atoms with Gasteiger partial charge in [0.25, 0.3) is 0 Å². The van der Waals surface area contributed by atoms with Crippen molar-refractivity contribution >= 4 is 28.3 Å². The van der Waals surface area contributed by atoms with Crippen molar-refractivity contribution in [2.45, 2.75) is 5.92 Å². The molecule has 0 aliphatic carbocycles. The van der Waals surface area contributed by atoms with Crippen LogP contribution in [0.5, 0.6) is 0 Å². The molecule has 0 saturated carbocycles. The molecule has 0 fully saturated rings. The van der Waals surface area contributed by atoms with E-state index in [1.54, 1.807) is 0 Å². The van der Waals surface area contributed by atoms with Crippen LogP contribution in [-0.2, 0) is 0 Å². The maximum atomic E-state index is 3.98. The highest BCUT2D eigenvalue weighted by Gasteiger charge is 2.10. The Labute approximate surface area is 129 Å². The summed E-state index contributed by atoms with van der Waals surface area (Å²) in [5.74, 6) is 0.258. The van der Waals surface area contributed by atoms with E-state index < -0.39 is 0 Å². The Hall–Kier alpha value is -1.29. The fraction of sp³-hybridized carbons (Fsp3) is 0.176. The largest absolute Gasteiger partial charge is 0.378 e. The molecule has 0 aromatic heterocycles. The maximum Gasteiger partial charge on any atom is 0.0361 e. The van der Waals surface area contributed by atoms with Crippen molar-refractivity contribution in [3.05, 3.63) is 75.9 Å².